The van der Waals surface area contributed by atoms with Gasteiger partial charge in [0.2, 0.25) is 5.78 Å². The molecule has 3 aromatic rings. The van der Waals surface area contributed by atoms with E-state index in [9.17, 15) is 14.0 Å². The average Bonchev–Trinajstić information content (AvgIpc) is 2.96. The minimum Gasteiger partial charge on any atom is -0.294 e. The molecule has 0 spiro atoms. The van der Waals surface area contributed by atoms with E-state index in [0.717, 1.165) is 4.90 Å². The molecule has 1 fully saturated rings. The molecular formula is C22H14Cl2FNO2S. The smallest absolute Gasteiger partial charge is 0.294 e. The third kappa shape index (κ3) is 3.78. The van der Waals surface area contributed by atoms with Crippen molar-refractivity contribution in [3.63, 3.8) is 0 Å². The Morgan fingerprint density at radius 2 is 1.55 bits per heavy atom. The standard InChI is InChI=1S/C22H14Cl2FNO2S/c23-14-11-9-13(10-12-14)19-21(29-15-5-2-1-3-6-15)20(27)22(28)26(19)17-8-4-7-16(24)18(17)25/h1-12,19,21H. The van der Waals surface area contributed by atoms with E-state index >= 15 is 0 Å². The molecule has 7 heteroatoms. The van der Waals surface area contributed by atoms with Crippen LogP contribution in [-0.4, -0.2) is 16.9 Å². The van der Waals surface area contributed by atoms with E-state index in [2.05, 4.69) is 0 Å². The molecule has 0 N–H and O–H groups in total. The molecule has 0 saturated carbocycles. The molecule has 146 valence electrons. The van der Waals surface area contributed by atoms with Gasteiger partial charge < -0.3 is 0 Å². The molecular weight excluding hydrogens is 432 g/mol. The minimum absolute atomic E-state index is 0.0213. The highest BCUT2D eigenvalue weighted by atomic mass is 35.5. The van der Waals surface area contributed by atoms with Gasteiger partial charge in [-0.1, -0.05) is 59.6 Å². The second kappa shape index (κ2) is 8.19. The first-order chi connectivity index (χ1) is 14.0. The topological polar surface area (TPSA) is 37.4 Å². The Bertz CT molecular complexity index is 1080. The number of ketones is 1. The number of rotatable bonds is 4. The molecule has 1 aliphatic rings. The third-order valence-corrected chi connectivity index (χ3v) is 6.48. The molecule has 2 atom stereocenters. The fourth-order valence-electron chi connectivity index (χ4n) is 3.33. The van der Waals surface area contributed by atoms with Crippen LogP contribution >= 0.6 is 35.0 Å². The van der Waals surface area contributed by atoms with Crippen molar-refractivity contribution in [3.05, 3.63) is 94.2 Å². The molecule has 0 aromatic heterocycles. The highest BCUT2D eigenvalue weighted by Crippen LogP contribution is 2.45. The molecule has 1 heterocycles. The number of amides is 1. The number of hydrogen-bond acceptors (Lipinski definition) is 3. The minimum atomic E-state index is -0.764. The van der Waals surface area contributed by atoms with Crippen molar-refractivity contribution in [2.24, 2.45) is 0 Å². The van der Waals surface area contributed by atoms with Crippen LogP contribution in [-0.2, 0) is 9.59 Å². The largest absolute Gasteiger partial charge is 0.296 e. The Morgan fingerprint density at radius 3 is 2.24 bits per heavy atom. The van der Waals surface area contributed by atoms with E-state index < -0.39 is 28.8 Å². The van der Waals surface area contributed by atoms with Crippen LogP contribution in [0.2, 0.25) is 10.0 Å². The van der Waals surface area contributed by atoms with E-state index in [1.165, 1.54) is 28.8 Å². The van der Waals surface area contributed by atoms with Crippen molar-refractivity contribution in [1.29, 1.82) is 0 Å². The molecule has 3 nitrogen and oxygen atoms in total. The molecule has 0 aliphatic carbocycles. The maximum absolute atomic E-state index is 14.8. The van der Waals surface area contributed by atoms with E-state index in [1.807, 2.05) is 30.3 Å². The first-order valence-electron chi connectivity index (χ1n) is 8.76. The summed E-state index contributed by atoms with van der Waals surface area (Å²) in [4.78, 5) is 27.9. The summed E-state index contributed by atoms with van der Waals surface area (Å²) in [6.45, 7) is 0. The summed E-state index contributed by atoms with van der Waals surface area (Å²) in [5.41, 5.74) is 0.661. The van der Waals surface area contributed by atoms with Crippen molar-refractivity contribution in [2.75, 3.05) is 4.90 Å². The van der Waals surface area contributed by atoms with Gasteiger partial charge in [-0.15, -0.1) is 11.8 Å². The van der Waals surface area contributed by atoms with Crippen LogP contribution in [0.4, 0.5) is 10.1 Å². The highest BCUT2D eigenvalue weighted by Gasteiger charge is 2.50. The van der Waals surface area contributed by atoms with Crippen LogP contribution in [0.3, 0.4) is 0 Å². The van der Waals surface area contributed by atoms with Crippen LogP contribution in [0.15, 0.2) is 77.7 Å². The van der Waals surface area contributed by atoms with Gasteiger partial charge in [-0.05, 0) is 42.0 Å². The molecule has 0 radical (unpaired) electrons. The lowest BCUT2D eigenvalue weighted by Crippen LogP contribution is -2.30. The highest BCUT2D eigenvalue weighted by molar-refractivity contribution is 8.00. The van der Waals surface area contributed by atoms with Gasteiger partial charge in [0.1, 0.15) is 5.25 Å². The molecule has 0 bridgehead atoms. The summed E-state index contributed by atoms with van der Waals surface area (Å²) < 4.78 is 14.8. The maximum Gasteiger partial charge on any atom is 0.296 e. The van der Waals surface area contributed by atoms with Crippen LogP contribution in [0.5, 0.6) is 0 Å². The Balaban J connectivity index is 1.84. The van der Waals surface area contributed by atoms with E-state index in [-0.39, 0.29) is 10.7 Å². The molecule has 1 aliphatic heterocycles. The first-order valence-corrected chi connectivity index (χ1v) is 10.4. The van der Waals surface area contributed by atoms with Gasteiger partial charge in [0.25, 0.3) is 5.91 Å². The number of carbonyl (C=O) groups excluding carboxylic acids is 2. The van der Waals surface area contributed by atoms with Crippen molar-refractivity contribution < 1.29 is 14.0 Å². The fraction of sp³-hybridized carbons (Fsp3) is 0.0909. The lowest BCUT2D eigenvalue weighted by atomic mass is 10.0. The zero-order chi connectivity index (χ0) is 20.5. The van der Waals surface area contributed by atoms with Crippen molar-refractivity contribution in [1.82, 2.24) is 0 Å². The van der Waals surface area contributed by atoms with Gasteiger partial charge in [-0.2, -0.15) is 0 Å². The van der Waals surface area contributed by atoms with Crippen LogP contribution in [0.1, 0.15) is 11.6 Å². The Hall–Kier alpha value is -2.34. The fourth-order valence-corrected chi connectivity index (χ4v) is 4.85. The van der Waals surface area contributed by atoms with Crippen LogP contribution < -0.4 is 4.90 Å². The summed E-state index contributed by atoms with van der Waals surface area (Å²) in [6, 6.07) is 19.9. The average molecular weight is 446 g/mol. The van der Waals surface area contributed by atoms with Gasteiger partial charge in [0.15, 0.2) is 5.82 Å². The lowest BCUT2D eigenvalue weighted by Gasteiger charge is -2.28. The predicted molar refractivity (Wildman–Crippen MR) is 114 cm³/mol. The number of thioether (sulfide) groups is 1. The van der Waals surface area contributed by atoms with Crippen molar-refractivity contribution in [2.45, 2.75) is 16.2 Å². The SMILES string of the molecule is O=C1C(=O)N(c2cccc(Cl)c2F)C(c2ccc(Cl)cc2)C1Sc1ccccc1. The zero-order valence-corrected chi connectivity index (χ0v) is 17.2. The number of benzene rings is 3. The number of Topliss-reactive ketones (excluding diaryl/α,β-unsaturated/α-hetero) is 1. The molecule has 1 saturated heterocycles. The monoisotopic (exact) mass is 445 g/mol. The number of halogens is 3. The second-order valence-electron chi connectivity index (χ2n) is 6.46. The van der Waals surface area contributed by atoms with Crippen molar-refractivity contribution in [3.8, 4) is 0 Å². The quantitative estimate of drug-likeness (QED) is 0.465. The summed E-state index contributed by atoms with van der Waals surface area (Å²) in [5, 5.41) is -0.335. The second-order valence-corrected chi connectivity index (χ2v) is 8.52. The Morgan fingerprint density at radius 1 is 0.862 bits per heavy atom. The van der Waals surface area contributed by atoms with E-state index in [0.29, 0.717) is 10.6 Å². The maximum atomic E-state index is 14.8. The van der Waals surface area contributed by atoms with E-state index in [1.54, 1.807) is 30.3 Å². The van der Waals surface area contributed by atoms with Gasteiger partial charge in [-0.25, -0.2) is 4.39 Å². The molecule has 2 unspecified atom stereocenters. The number of anilines is 1. The van der Waals surface area contributed by atoms with Gasteiger partial charge in [0, 0.05) is 9.92 Å². The van der Waals surface area contributed by atoms with Gasteiger partial charge >= 0.3 is 0 Å². The predicted octanol–water partition coefficient (Wildman–Crippen LogP) is 5.95. The van der Waals surface area contributed by atoms with Gasteiger partial charge in [0.05, 0.1) is 16.8 Å². The normalized spacial score (nSPS) is 19.1. The summed E-state index contributed by atoms with van der Waals surface area (Å²) in [5.74, 6) is -2.09. The zero-order valence-electron chi connectivity index (χ0n) is 14.9. The molecule has 1 amide bonds. The molecule has 3 aromatic carbocycles. The summed E-state index contributed by atoms with van der Waals surface area (Å²) in [7, 11) is 0. The van der Waals surface area contributed by atoms with Gasteiger partial charge in [-0.3, -0.25) is 14.5 Å². The molecule has 29 heavy (non-hydrogen) atoms. The molecule has 4 rings (SSSR count). The first kappa shape index (κ1) is 20.0. The number of nitrogens with zero attached hydrogens (tertiary/aromatic N) is 1. The lowest BCUT2D eigenvalue weighted by molar-refractivity contribution is -0.133. The third-order valence-electron chi connectivity index (χ3n) is 4.66. The van der Waals surface area contributed by atoms with Crippen LogP contribution in [0.25, 0.3) is 0 Å². The summed E-state index contributed by atoms with van der Waals surface area (Å²) in [6.07, 6.45) is 0. The van der Waals surface area contributed by atoms with Crippen LogP contribution in [0, 0.1) is 5.82 Å². The Kier molecular flexibility index (Phi) is 5.63. The van der Waals surface area contributed by atoms with E-state index in [4.69, 9.17) is 23.2 Å². The summed E-state index contributed by atoms with van der Waals surface area (Å²) >= 11 is 13.2. The van der Waals surface area contributed by atoms with Crippen molar-refractivity contribution >= 4 is 52.3 Å². The number of carbonyl (C=O) groups is 2. The number of hydrogen-bond donors (Lipinski definition) is 0. The Labute approximate surface area is 181 Å².